The summed E-state index contributed by atoms with van der Waals surface area (Å²) in [7, 11) is 0. The number of aryl methyl sites for hydroxylation is 1. The van der Waals surface area contributed by atoms with Gasteiger partial charge in [0.15, 0.2) is 0 Å². The summed E-state index contributed by atoms with van der Waals surface area (Å²) in [4.78, 5) is 13.6. The maximum Gasteiger partial charge on any atom is 0.323 e. The third kappa shape index (κ3) is 2.98. The van der Waals surface area contributed by atoms with Crippen LogP contribution < -0.4 is 0 Å². The Kier molecular flexibility index (Phi) is 4.25. The molecule has 0 radical (unpaired) electrons. The Morgan fingerprint density at radius 3 is 2.74 bits per heavy atom. The van der Waals surface area contributed by atoms with Crippen molar-refractivity contribution in [2.45, 2.75) is 51.1 Å². The van der Waals surface area contributed by atoms with Gasteiger partial charge in [-0.3, -0.25) is 9.69 Å². The molecule has 1 fully saturated rings. The summed E-state index contributed by atoms with van der Waals surface area (Å²) in [6.45, 7) is 4.91. The van der Waals surface area contributed by atoms with E-state index in [4.69, 9.17) is 0 Å². The van der Waals surface area contributed by atoms with Gasteiger partial charge in [-0.05, 0) is 51.6 Å². The van der Waals surface area contributed by atoms with E-state index in [1.54, 1.807) is 0 Å². The summed E-state index contributed by atoms with van der Waals surface area (Å²) < 4.78 is 0. The van der Waals surface area contributed by atoms with Crippen LogP contribution in [0.2, 0.25) is 0 Å². The van der Waals surface area contributed by atoms with Crippen LogP contribution in [-0.4, -0.2) is 34.1 Å². The molecule has 2 rings (SSSR count). The molecule has 0 aliphatic carbocycles. The first-order valence-electron chi connectivity index (χ1n) is 7.08. The summed E-state index contributed by atoms with van der Waals surface area (Å²) >= 11 is 0. The van der Waals surface area contributed by atoms with E-state index in [2.05, 4.69) is 36.1 Å². The molecular formula is C16H23NO2. The van der Waals surface area contributed by atoms with Crippen LogP contribution in [0, 0.1) is 0 Å². The molecule has 1 heterocycles. The Bertz CT molecular complexity index is 432. The molecule has 1 aromatic carbocycles. The van der Waals surface area contributed by atoms with Gasteiger partial charge in [-0.25, -0.2) is 0 Å². The molecule has 2 unspecified atom stereocenters. The molecule has 0 aromatic heterocycles. The molecule has 19 heavy (non-hydrogen) atoms. The molecule has 104 valence electrons. The van der Waals surface area contributed by atoms with Crippen molar-refractivity contribution in [1.29, 1.82) is 0 Å². The van der Waals surface area contributed by atoms with Gasteiger partial charge in [-0.2, -0.15) is 0 Å². The minimum Gasteiger partial charge on any atom is -0.480 e. The van der Waals surface area contributed by atoms with Crippen LogP contribution in [0.1, 0.15) is 38.7 Å². The van der Waals surface area contributed by atoms with E-state index >= 15 is 0 Å². The van der Waals surface area contributed by atoms with Crippen LogP contribution >= 0.6 is 0 Å². The highest BCUT2D eigenvalue weighted by molar-refractivity contribution is 5.78. The van der Waals surface area contributed by atoms with Crippen molar-refractivity contribution in [3.8, 4) is 0 Å². The fourth-order valence-electron chi connectivity index (χ4n) is 3.10. The first kappa shape index (κ1) is 14.1. The fraction of sp³-hybridized carbons (Fsp3) is 0.562. The minimum absolute atomic E-state index is 0.309. The van der Waals surface area contributed by atoms with Crippen LogP contribution in [0.15, 0.2) is 30.3 Å². The van der Waals surface area contributed by atoms with Crippen molar-refractivity contribution in [2.24, 2.45) is 0 Å². The van der Waals surface area contributed by atoms with Crippen molar-refractivity contribution >= 4 is 5.97 Å². The second-order valence-corrected chi connectivity index (χ2v) is 5.75. The zero-order valence-electron chi connectivity index (χ0n) is 11.8. The fourth-order valence-corrected chi connectivity index (χ4v) is 3.10. The van der Waals surface area contributed by atoms with E-state index in [0.29, 0.717) is 6.04 Å². The van der Waals surface area contributed by atoms with Gasteiger partial charge in [-0.15, -0.1) is 0 Å². The maximum absolute atomic E-state index is 11.5. The van der Waals surface area contributed by atoms with Gasteiger partial charge in [0.1, 0.15) is 5.54 Å². The van der Waals surface area contributed by atoms with Gasteiger partial charge in [0.25, 0.3) is 0 Å². The number of rotatable bonds is 5. The molecule has 1 aliphatic heterocycles. The Labute approximate surface area is 115 Å². The predicted octanol–water partition coefficient (Wildman–Crippen LogP) is 2.95. The van der Waals surface area contributed by atoms with Crippen LogP contribution in [-0.2, 0) is 11.2 Å². The van der Waals surface area contributed by atoms with E-state index in [9.17, 15) is 9.90 Å². The van der Waals surface area contributed by atoms with Crippen molar-refractivity contribution < 1.29 is 9.90 Å². The van der Waals surface area contributed by atoms with Crippen molar-refractivity contribution in [2.75, 3.05) is 6.54 Å². The van der Waals surface area contributed by atoms with Gasteiger partial charge in [0.2, 0.25) is 0 Å². The minimum atomic E-state index is -0.684. The SMILES string of the molecule is CC(CCc1ccccc1)N1CCCC1(C)C(=O)O. The molecular weight excluding hydrogens is 238 g/mol. The number of aliphatic carboxylic acids is 1. The first-order valence-corrected chi connectivity index (χ1v) is 7.08. The lowest BCUT2D eigenvalue weighted by molar-refractivity contribution is -0.149. The number of carbonyl (C=O) groups is 1. The average Bonchev–Trinajstić information content (AvgIpc) is 2.81. The average molecular weight is 261 g/mol. The van der Waals surface area contributed by atoms with Crippen molar-refractivity contribution in [3.05, 3.63) is 35.9 Å². The normalized spacial score (nSPS) is 25.4. The van der Waals surface area contributed by atoms with E-state index in [-0.39, 0.29) is 0 Å². The van der Waals surface area contributed by atoms with Crippen LogP contribution in [0.3, 0.4) is 0 Å². The van der Waals surface area contributed by atoms with Crippen LogP contribution in [0.5, 0.6) is 0 Å². The number of hydrogen-bond acceptors (Lipinski definition) is 2. The molecule has 3 nitrogen and oxygen atoms in total. The summed E-state index contributed by atoms with van der Waals surface area (Å²) in [6.07, 6.45) is 3.76. The Hall–Kier alpha value is -1.35. The quantitative estimate of drug-likeness (QED) is 0.886. The standard InChI is InChI=1S/C16H23NO2/c1-13(9-10-14-7-4-3-5-8-14)17-12-6-11-16(17,2)15(18)19/h3-5,7-8,13H,6,9-12H2,1-2H3,(H,18,19). The number of likely N-dealkylation sites (tertiary alicyclic amines) is 1. The number of carboxylic acids is 1. The Morgan fingerprint density at radius 1 is 1.42 bits per heavy atom. The highest BCUT2D eigenvalue weighted by atomic mass is 16.4. The topological polar surface area (TPSA) is 40.5 Å². The third-order valence-corrected chi connectivity index (χ3v) is 4.38. The maximum atomic E-state index is 11.5. The number of benzene rings is 1. The molecule has 1 saturated heterocycles. The molecule has 0 saturated carbocycles. The molecule has 0 amide bonds. The van der Waals surface area contributed by atoms with Crippen molar-refractivity contribution in [3.63, 3.8) is 0 Å². The monoisotopic (exact) mass is 261 g/mol. The van der Waals surface area contributed by atoms with Gasteiger partial charge in [0.05, 0.1) is 0 Å². The second-order valence-electron chi connectivity index (χ2n) is 5.75. The smallest absolute Gasteiger partial charge is 0.323 e. The third-order valence-electron chi connectivity index (χ3n) is 4.38. The number of nitrogens with zero attached hydrogens (tertiary/aromatic N) is 1. The zero-order chi connectivity index (χ0) is 13.9. The Balaban J connectivity index is 1.96. The van der Waals surface area contributed by atoms with Gasteiger partial charge in [-0.1, -0.05) is 30.3 Å². The molecule has 1 N–H and O–H groups in total. The Morgan fingerprint density at radius 2 is 2.11 bits per heavy atom. The highest BCUT2D eigenvalue weighted by Crippen LogP contribution is 2.32. The summed E-state index contributed by atoms with van der Waals surface area (Å²) in [6, 6.07) is 10.7. The zero-order valence-corrected chi connectivity index (χ0v) is 11.8. The lowest BCUT2D eigenvalue weighted by Gasteiger charge is -2.36. The summed E-state index contributed by atoms with van der Waals surface area (Å²) in [5, 5.41) is 9.44. The lowest BCUT2D eigenvalue weighted by Crippen LogP contribution is -2.51. The second kappa shape index (κ2) is 5.74. The number of hydrogen-bond donors (Lipinski definition) is 1. The van der Waals surface area contributed by atoms with Gasteiger partial charge < -0.3 is 5.11 Å². The highest BCUT2D eigenvalue weighted by Gasteiger charge is 2.44. The molecule has 3 heteroatoms. The van der Waals surface area contributed by atoms with Gasteiger partial charge in [0, 0.05) is 6.04 Å². The van der Waals surface area contributed by atoms with Crippen molar-refractivity contribution in [1.82, 2.24) is 4.90 Å². The largest absolute Gasteiger partial charge is 0.480 e. The van der Waals surface area contributed by atoms with Crippen LogP contribution in [0.4, 0.5) is 0 Å². The van der Waals surface area contributed by atoms with Gasteiger partial charge >= 0.3 is 5.97 Å². The first-order chi connectivity index (χ1) is 9.04. The molecule has 0 spiro atoms. The van der Waals surface area contributed by atoms with E-state index < -0.39 is 11.5 Å². The molecule has 2 atom stereocenters. The molecule has 0 bridgehead atoms. The van der Waals surface area contributed by atoms with Crippen LogP contribution in [0.25, 0.3) is 0 Å². The molecule has 1 aromatic rings. The lowest BCUT2D eigenvalue weighted by atomic mass is 9.96. The summed E-state index contributed by atoms with van der Waals surface area (Å²) in [5.41, 5.74) is 0.654. The predicted molar refractivity (Wildman–Crippen MR) is 76.2 cm³/mol. The number of carboxylic acid groups (broad SMARTS) is 1. The molecule has 1 aliphatic rings. The van der Waals surface area contributed by atoms with E-state index in [1.807, 2.05) is 13.0 Å². The summed E-state index contributed by atoms with van der Waals surface area (Å²) in [5.74, 6) is -0.684. The van der Waals surface area contributed by atoms with E-state index in [0.717, 1.165) is 32.2 Å². The van der Waals surface area contributed by atoms with E-state index in [1.165, 1.54) is 5.56 Å².